The molecule has 0 aliphatic carbocycles. The van der Waals surface area contributed by atoms with Crippen LogP contribution in [-0.4, -0.2) is 43.2 Å². The van der Waals surface area contributed by atoms with Gasteiger partial charge in [0.1, 0.15) is 11.9 Å². The first-order chi connectivity index (χ1) is 16.6. The zero-order valence-electron chi connectivity index (χ0n) is 19.3. The van der Waals surface area contributed by atoms with Crippen molar-refractivity contribution in [3.8, 4) is 0 Å². The van der Waals surface area contributed by atoms with Crippen LogP contribution in [0.25, 0.3) is 11.0 Å². The Balaban J connectivity index is 1.77. The summed E-state index contributed by atoms with van der Waals surface area (Å²) in [5.74, 6) is -0.410. The van der Waals surface area contributed by atoms with E-state index in [1.165, 1.54) is 25.8 Å². The highest BCUT2D eigenvalue weighted by atomic mass is 16.5. The third-order valence-corrected chi connectivity index (χ3v) is 5.78. The summed E-state index contributed by atoms with van der Waals surface area (Å²) in [6.45, 7) is 0. The average molecular weight is 459 g/mol. The van der Waals surface area contributed by atoms with Crippen LogP contribution in [-0.2, 0) is 27.1 Å². The highest BCUT2D eigenvalue weighted by molar-refractivity contribution is 6.04. The lowest BCUT2D eigenvalue weighted by molar-refractivity contribution is 0.0548. The van der Waals surface area contributed by atoms with E-state index in [0.29, 0.717) is 5.56 Å². The summed E-state index contributed by atoms with van der Waals surface area (Å²) in [6.07, 6.45) is 0.950. The van der Waals surface area contributed by atoms with Crippen LogP contribution in [0.1, 0.15) is 49.3 Å². The Morgan fingerprint density at radius 2 is 1.53 bits per heavy atom. The highest BCUT2D eigenvalue weighted by Gasteiger charge is 2.28. The van der Waals surface area contributed by atoms with Gasteiger partial charge in [-0.25, -0.2) is 14.6 Å². The normalized spacial score (nSPS) is 11.9. The number of ether oxygens (including phenoxy) is 3. The van der Waals surface area contributed by atoms with Gasteiger partial charge < -0.3 is 19.2 Å². The van der Waals surface area contributed by atoms with Crippen molar-refractivity contribution in [2.75, 3.05) is 21.3 Å². The maximum absolute atomic E-state index is 12.7. The van der Waals surface area contributed by atoms with Gasteiger partial charge in [-0.05, 0) is 24.1 Å². The van der Waals surface area contributed by atoms with Gasteiger partial charge in [-0.3, -0.25) is 0 Å². The van der Waals surface area contributed by atoms with Crippen LogP contribution in [0.2, 0.25) is 0 Å². The molecule has 0 saturated heterocycles. The molecular weight excluding hydrogens is 432 g/mol. The predicted molar refractivity (Wildman–Crippen MR) is 128 cm³/mol. The summed E-state index contributed by atoms with van der Waals surface area (Å²) < 4.78 is 15.7. The molecule has 1 unspecified atom stereocenters. The van der Waals surface area contributed by atoms with E-state index in [1.54, 1.807) is 19.2 Å². The van der Waals surface area contributed by atoms with Crippen LogP contribution < -0.4 is 0 Å². The number of imidazole rings is 1. The first kappa shape index (κ1) is 23.2. The van der Waals surface area contributed by atoms with Crippen molar-refractivity contribution in [2.24, 2.45) is 0 Å². The highest BCUT2D eigenvalue weighted by Crippen LogP contribution is 2.34. The van der Waals surface area contributed by atoms with Gasteiger partial charge >= 0.3 is 11.9 Å². The zero-order valence-corrected chi connectivity index (χ0v) is 19.3. The first-order valence-electron chi connectivity index (χ1n) is 10.9. The number of esters is 2. The van der Waals surface area contributed by atoms with Crippen molar-refractivity contribution < 1.29 is 23.8 Å². The van der Waals surface area contributed by atoms with E-state index in [-0.39, 0.29) is 11.1 Å². The molecule has 34 heavy (non-hydrogen) atoms. The molecule has 1 aromatic heterocycles. The van der Waals surface area contributed by atoms with Crippen LogP contribution in [0.5, 0.6) is 0 Å². The summed E-state index contributed by atoms with van der Waals surface area (Å²) in [4.78, 5) is 33.3. The number of hydrogen-bond acceptors (Lipinski definition) is 6. The van der Waals surface area contributed by atoms with E-state index in [9.17, 15) is 9.59 Å². The lowest BCUT2D eigenvalue weighted by Crippen LogP contribution is -2.18. The van der Waals surface area contributed by atoms with Crippen molar-refractivity contribution in [1.29, 1.82) is 0 Å². The predicted octanol–water partition coefficient (Wildman–Crippen LogP) is 4.66. The summed E-state index contributed by atoms with van der Waals surface area (Å²) in [6, 6.07) is 21.0. The number of aromatic nitrogens is 2. The molecule has 0 amide bonds. The number of carbonyl (C=O) groups is 2. The van der Waals surface area contributed by atoms with Gasteiger partial charge in [-0.2, -0.15) is 0 Å². The standard InChI is InChI=1S/C27H26N2O5/c1-32-25(18-11-7-12-19(26(30)33-2)23(18)27(31)34-3)20-13-8-14-21-24(20)29-22(28-21)16-15-17-9-5-4-6-10-17/h4-14,25H,15-16H2,1-3H3,(H,28,29). The van der Waals surface area contributed by atoms with E-state index in [1.807, 2.05) is 36.4 Å². The number of para-hydroxylation sites is 1. The van der Waals surface area contributed by atoms with Crippen LogP contribution >= 0.6 is 0 Å². The number of nitrogens with one attached hydrogen (secondary N) is 1. The summed E-state index contributed by atoms with van der Waals surface area (Å²) in [5, 5.41) is 0. The molecule has 0 aliphatic heterocycles. The number of carbonyl (C=O) groups excluding carboxylic acids is 2. The van der Waals surface area contributed by atoms with E-state index in [4.69, 9.17) is 19.2 Å². The molecular formula is C27H26N2O5. The third-order valence-electron chi connectivity index (χ3n) is 5.78. The number of fused-ring (bicyclic) bond motifs is 1. The van der Waals surface area contributed by atoms with Gasteiger partial charge in [0, 0.05) is 24.7 Å². The Morgan fingerprint density at radius 1 is 0.824 bits per heavy atom. The van der Waals surface area contributed by atoms with Gasteiger partial charge in [0.2, 0.25) is 0 Å². The van der Waals surface area contributed by atoms with Crippen LogP contribution in [0, 0.1) is 0 Å². The Labute approximate surface area is 197 Å². The maximum atomic E-state index is 12.7. The van der Waals surface area contributed by atoms with Crippen molar-refractivity contribution in [3.05, 3.63) is 100 Å². The fourth-order valence-corrected chi connectivity index (χ4v) is 4.16. The van der Waals surface area contributed by atoms with Crippen molar-refractivity contribution in [1.82, 2.24) is 9.97 Å². The Kier molecular flexibility index (Phi) is 7.04. The third kappa shape index (κ3) is 4.56. The number of nitrogens with zero attached hydrogens (tertiary/aromatic N) is 1. The molecule has 0 fully saturated rings. The van der Waals surface area contributed by atoms with E-state index in [2.05, 4.69) is 17.1 Å². The molecule has 3 aromatic carbocycles. The maximum Gasteiger partial charge on any atom is 0.339 e. The van der Waals surface area contributed by atoms with Gasteiger partial charge in [0.05, 0.1) is 36.4 Å². The molecule has 0 aliphatic rings. The lowest BCUT2D eigenvalue weighted by atomic mass is 9.92. The zero-order chi connectivity index (χ0) is 24.1. The average Bonchev–Trinajstić information content (AvgIpc) is 3.31. The van der Waals surface area contributed by atoms with Crippen molar-refractivity contribution in [2.45, 2.75) is 18.9 Å². The number of hydrogen-bond donors (Lipinski definition) is 1. The van der Waals surface area contributed by atoms with Gasteiger partial charge in [0.15, 0.2) is 0 Å². The summed E-state index contributed by atoms with van der Waals surface area (Å²) >= 11 is 0. The van der Waals surface area contributed by atoms with Gasteiger partial charge in [-0.15, -0.1) is 0 Å². The monoisotopic (exact) mass is 458 g/mol. The minimum atomic E-state index is -0.660. The van der Waals surface area contributed by atoms with E-state index < -0.39 is 18.0 Å². The molecule has 0 saturated carbocycles. The minimum Gasteiger partial charge on any atom is -0.465 e. The SMILES string of the molecule is COC(=O)c1cccc(C(OC)c2cccc3[nH]c(CCc4ccccc4)nc23)c1C(=O)OC. The van der Waals surface area contributed by atoms with Gasteiger partial charge in [0.25, 0.3) is 0 Å². The van der Waals surface area contributed by atoms with Crippen molar-refractivity contribution >= 4 is 23.0 Å². The Bertz CT molecular complexity index is 1310. The molecule has 7 nitrogen and oxygen atoms in total. The first-order valence-corrected chi connectivity index (χ1v) is 10.9. The number of methoxy groups -OCH3 is 3. The second kappa shape index (κ2) is 10.3. The molecule has 7 heteroatoms. The molecule has 4 rings (SSSR count). The number of benzene rings is 3. The van der Waals surface area contributed by atoms with E-state index in [0.717, 1.165) is 35.3 Å². The molecule has 1 heterocycles. The number of H-pyrrole nitrogens is 1. The van der Waals surface area contributed by atoms with Crippen molar-refractivity contribution in [3.63, 3.8) is 0 Å². The summed E-state index contributed by atoms with van der Waals surface area (Å²) in [5.41, 5.74) is 4.35. The molecule has 4 aromatic rings. The largest absolute Gasteiger partial charge is 0.465 e. The second-order valence-corrected chi connectivity index (χ2v) is 7.78. The topological polar surface area (TPSA) is 90.5 Å². The summed E-state index contributed by atoms with van der Waals surface area (Å²) in [7, 11) is 4.10. The Hall–Kier alpha value is -3.97. The second-order valence-electron chi connectivity index (χ2n) is 7.78. The molecule has 1 atom stereocenters. The quantitative estimate of drug-likeness (QED) is 0.386. The fraction of sp³-hybridized carbons (Fsp3) is 0.222. The van der Waals surface area contributed by atoms with Crippen LogP contribution in [0.3, 0.4) is 0 Å². The minimum absolute atomic E-state index is 0.112. The molecule has 174 valence electrons. The number of aryl methyl sites for hydroxylation is 2. The molecule has 0 bridgehead atoms. The molecule has 0 spiro atoms. The van der Waals surface area contributed by atoms with E-state index >= 15 is 0 Å². The van der Waals surface area contributed by atoms with Crippen LogP contribution in [0.15, 0.2) is 66.7 Å². The number of aromatic amines is 1. The van der Waals surface area contributed by atoms with Gasteiger partial charge in [-0.1, -0.05) is 54.6 Å². The number of rotatable bonds is 8. The lowest BCUT2D eigenvalue weighted by Gasteiger charge is -2.20. The molecule has 1 N–H and O–H groups in total. The van der Waals surface area contributed by atoms with Crippen LogP contribution in [0.4, 0.5) is 0 Å². The molecule has 0 radical (unpaired) electrons. The fourth-order valence-electron chi connectivity index (χ4n) is 4.16. The smallest absolute Gasteiger partial charge is 0.339 e. The Morgan fingerprint density at radius 3 is 2.24 bits per heavy atom.